The lowest BCUT2D eigenvalue weighted by Gasteiger charge is -2.18. The monoisotopic (exact) mass is 366 g/mol. The molecule has 2 aromatic carbocycles. The molecule has 0 bridgehead atoms. The number of aliphatic hydroxyl groups excluding tert-OH is 2. The van der Waals surface area contributed by atoms with E-state index in [1.54, 1.807) is 4.68 Å². The molecule has 3 aromatic rings. The fraction of sp³-hybridized carbons (Fsp3) is 0.250. The maximum Gasteiger partial charge on any atom is 0.293 e. The summed E-state index contributed by atoms with van der Waals surface area (Å²) < 4.78 is 1.64. The van der Waals surface area contributed by atoms with Gasteiger partial charge >= 0.3 is 0 Å². The zero-order valence-corrected chi connectivity index (χ0v) is 15.1. The summed E-state index contributed by atoms with van der Waals surface area (Å²) >= 11 is 0. The fourth-order valence-electron chi connectivity index (χ4n) is 2.74. The first-order valence-electron chi connectivity index (χ1n) is 8.74. The van der Waals surface area contributed by atoms with E-state index < -0.39 is 5.91 Å². The number of amides is 1. The van der Waals surface area contributed by atoms with Crippen LogP contribution in [0.25, 0.3) is 17.1 Å². The summed E-state index contributed by atoms with van der Waals surface area (Å²) in [6.45, 7) is 1.82. The van der Waals surface area contributed by atoms with Crippen LogP contribution in [-0.4, -0.2) is 62.1 Å². The summed E-state index contributed by atoms with van der Waals surface area (Å²) in [5.41, 5.74) is 2.75. The van der Waals surface area contributed by atoms with Crippen molar-refractivity contribution in [2.24, 2.45) is 0 Å². The van der Waals surface area contributed by atoms with Gasteiger partial charge in [-0.15, -0.1) is 5.10 Å². The number of hydrogen-bond donors (Lipinski definition) is 2. The number of aliphatic hydroxyl groups is 2. The van der Waals surface area contributed by atoms with Gasteiger partial charge in [0.2, 0.25) is 5.82 Å². The Morgan fingerprint density at radius 2 is 1.63 bits per heavy atom. The van der Waals surface area contributed by atoms with Crippen molar-refractivity contribution in [3.63, 3.8) is 0 Å². The molecule has 3 rings (SSSR count). The van der Waals surface area contributed by atoms with Gasteiger partial charge in [-0.25, -0.2) is 9.67 Å². The Kier molecular flexibility index (Phi) is 5.95. The van der Waals surface area contributed by atoms with Crippen molar-refractivity contribution in [2.75, 3.05) is 26.3 Å². The van der Waals surface area contributed by atoms with E-state index in [9.17, 15) is 15.0 Å². The first-order valence-corrected chi connectivity index (χ1v) is 8.74. The van der Waals surface area contributed by atoms with Gasteiger partial charge in [0.1, 0.15) is 0 Å². The number of rotatable bonds is 7. The highest BCUT2D eigenvalue weighted by Crippen LogP contribution is 2.21. The molecule has 7 heteroatoms. The molecule has 0 spiro atoms. The van der Waals surface area contributed by atoms with Gasteiger partial charge in [-0.2, -0.15) is 0 Å². The Bertz CT molecular complexity index is 885. The Hall–Kier alpha value is -3.03. The predicted octanol–water partition coefficient (Wildman–Crippen LogP) is 1.67. The largest absolute Gasteiger partial charge is 0.395 e. The van der Waals surface area contributed by atoms with Gasteiger partial charge in [-0.3, -0.25) is 4.79 Å². The summed E-state index contributed by atoms with van der Waals surface area (Å²) in [6, 6.07) is 17.3. The highest BCUT2D eigenvalue weighted by atomic mass is 16.3. The van der Waals surface area contributed by atoms with Crippen molar-refractivity contribution in [2.45, 2.75) is 6.92 Å². The third-order valence-electron chi connectivity index (χ3n) is 4.14. The van der Waals surface area contributed by atoms with Crippen molar-refractivity contribution in [1.82, 2.24) is 19.7 Å². The molecule has 0 saturated carbocycles. The number of benzene rings is 2. The number of carbonyl (C=O) groups is 1. The zero-order chi connectivity index (χ0) is 19.2. The second-order valence-corrected chi connectivity index (χ2v) is 6.11. The summed E-state index contributed by atoms with van der Waals surface area (Å²) in [4.78, 5) is 18.6. The average molecular weight is 366 g/mol. The van der Waals surface area contributed by atoms with Crippen molar-refractivity contribution >= 4 is 5.91 Å². The standard InChI is InChI=1S/C20H22N4O3/c1-15-7-9-17(10-8-15)24-19(16-5-3-2-4-6-16)21-18(22-24)20(27)23(11-13-25)12-14-26/h2-10,25-26H,11-14H2,1H3. The third-order valence-corrected chi connectivity index (χ3v) is 4.14. The van der Waals surface area contributed by atoms with Crippen LogP contribution in [0.1, 0.15) is 16.2 Å². The smallest absolute Gasteiger partial charge is 0.293 e. The van der Waals surface area contributed by atoms with Crippen LogP contribution in [0.5, 0.6) is 0 Å². The maximum atomic E-state index is 12.8. The Morgan fingerprint density at radius 3 is 2.22 bits per heavy atom. The summed E-state index contributed by atoms with van der Waals surface area (Å²) in [5.74, 6) is 0.147. The van der Waals surface area contributed by atoms with Crippen molar-refractivity contribution in [3.8, 4) is 17.1 Å². The topological polar surface area (TPSA) is 91.5 Å². The van der Waals surface area contributed by atoms with E-state index in [0.29, 0.717) is 5.82 Å². The molecule has 0 unspecified atom stereocenters. The van der Waals surface area contributed by atoms with E-state index in [1.165, 1.54) is 4.90 Å². The SMILES string of the molecule is Cc1ccc(-n2nc(C(=O)N(CCO)CCO)nc2-c2ccccc2)cc1. The fourth-order valence-corrected chi connectivity index (χ4v) is 2.74. The van der Waals surface area contributed by atoms with Gasteiger partial charge in [0.25, 0.3) is 5.91 Å². The lowest BCUT2D eigenvalue weighted by molar-refractivity contribution is 0.0673. The van der Waals surface area contributed by atoms with Crippen molar-refractivity contribution in [1.29, 1.82) is 0 Å². The second kappa shape index (κ2) is 8.57. The molecule has 0 saturated heterocycles. The van der Waals surface area contributed by atoms with Crippen LogP contribution in [-0.2, 0) is 0 Å². The van der Waals surface area contributed by atoms with Gasteiger partial charge in [-0.05, 0) is 19.1 Å². The first kappa shape index (κ1) is 18.8. The maximum absolute atomic E-state index is 12.8. The lowest BCUT2D eigenvalue weighted by Crippen LogP contribution is -2.36. The summed E-state index contributed by atoms with van der Waals surface area (Å²) in [7, 11) is 0. The molecule has 0 fully saturated rings. The van der Waals surface area contributed by atoms with Crippen LogP contribution in [0.15, 0.2) is 54.6 Å². The van der Waals surface area contributed by atoms with Gasteiger partial charge in [0, 0.05) is 18.7 Å². The highest BCUT2D eigenvalue weighted by molar-refractivity contribution is 5.91. The zero-order valence-electron chi connectivity index (χ0n) is 15.1. The van der Waals surface area contributed by atoms with Gasteiger partial charge in [0.15, 0.2) is 5.82 Å². The minimum atomic E-state index is -0.429. The van der Waals surface area contributed by atoms with E-state index >= 15 is 0 Å². The molecule has 27 heavy (non-hydrogen) atoms. The predicted molar refractivity (Wildman–Crippen MR) is 102 cm³/mol. The van der Waals surface area contributed by atoms with E-state index in [4.69, 9.17) is 0 Å². The molecule has 1 heterocycles. The third kappa shape index (κ3) is 4.21. The van der Waals surface area contributed by atoms with Crippen molar-refractivity contribution in [3.05, 3.63) is 66.0 Å². The molecule has 0 atom stereocenters. The molecule has 0 aliphatic heterocycles. The Morgan fingerprint density at radius 1 is 1.00 bits per heavy atom. The number of hydrogen-bond acceptors (Lipinski definition) is 5. The molecular weight excluding hydrogens is 344 g/mol. The lowest BCUT2D eigenvalue weighted by atomic mass is 10.2. The molecular formula is C20H22N4O3. The van der Waals surface area contributed by atoms with Crippen LogP contribution in [0.4, 0.5) is 0 Å². The van der Waals surface area contributed by atoms with Gasteiger partial charge < -0.3 is 15.1 Å². The molecule has 0 aliphatic carbocycles. The molecule has 140 valence electrons. The van der Waals surface area contributed by atoms with E-state index in [2.05, 4.69) is 10.1 Å². The second-order valence-electron chi connectivity index (χ2n) is 6.11. The van der Waals surface area contributed by atoms with E-state index in [0.717, 1.165) is 16.8 Å². The number of aryl methyl sites for hydroxylation is 1. The highest BCUT2D eigenvalue weighted by Gasteiger charge is 2.23. The van der Waals surface area contributed by atoms with Gasteiger partial charge in [0.05, 0.1) is 18.9 Å². The van der Waals surface area contributed by atoms with Crippen LogP contribution >= 0.6 is 0 Å². The Labute approximate surface area is 157 Å². The number of aromatic nitrogens is 3. The summed E-state index contributed by atoms with van der Waals surface area (Å²) in [5, 5.41) is 22.8. The Balaban J connectivity index is 2.06. The molecule has 7 nitrogen and oxygen atoms in total. The van der Waals surface area contributed by atoms with Crippen LogP contribution in [0.3, 0.4) is 0 Å². The summed E-state index contributed by atoms with van der Waals surface area (Å²) in [6.07, 6.45) is 0. The quantitative estimate of drug-likeness (QED) is 0.664. The van der Waals surface area contributed by atoms with E-state index in [1.807, 2.05) is 61.5 Å². The average Bonchev–Trinajstić information content (AvgIpc) is 3.14. The first-order chi connectivity index (χ1) is 13.1. The van der Waals surface area contributed by atoms with Crippen LogP contribution < -0.4 is 0 Å². The molecule has 1 amide bonds. The molecule has 0 aliphatic rings. The minimum absolute atomic E-state index is 0.0244. The normalized spacial score (nSPS) is 10.8. The van der Waals surface area contributed by atoms with Crippen molar-refractivity contribution < 1.29 is 15.0 Å². The minimum Gasteiger partial charge on any atom is -0.395 e. The molecule has 1 aromatic heterocycles. The molecule has 0 radical (unpaired) electrons. The van der Waals surface area contributed by atoms with E-state index in [-0.39, 0.29) is 32.1 Å². The van der Waals surface area contributed by atoms with Crippen LogP contribution in [0.2, 0.25) is 0 Å². The number of carbonyl (C=O) groups excluding carboxylic acids is 1. The molecule has 2 N–H and O–H groups in total. The number of nitrogens with zero attached hydrogens (tertiary/aromatic N) is 4. The van der Waals surface area contributed by atoms with Gasteiger partial charge in [-0.1, -0.05) is 48.0 Å². The van der Waals surface area contributed by atoms with Crippen LogP contribution in [0, 0.1) is 6.92 Å².